The zero-order chi connectivity index (χ0) is 15.6. The van der Waals surface area contributed by atoms with Crippen LogP contribution in [0.3, 0.4) is 0 Å². The molecule has 2 aromatic rings. The molecule has 0 saturated heterocycles. The van der Waals surface area contributed by atoms with Crippen molar-refractivity contribution < 1.29 is 19.1 Å². The number of aryl methyl sites for hydroxylation is 1. The fourth-order valence-electron chi connectivity index (χ4n) is 1.78. The highest BCUT2D eigenvalue weighted by atomic mass is 19.1. The van der Waals surface area contributed by atoms with Crippen LogP contribution in [0.2, 0.25) is 0 Å². The van der Waals surface area contributed by atoms with Crippen molar-refractivity contribution in [2.24, 2.45) is 0 Å². The zero-order valence-electron chi connectivity index (χ0n) is 11.2. The Morgan fingerprint density at radius 1 is 1.19 bits per heavy atom. The van der Waals surface area contributed by atoms with E-state index in [-0.39, 0.29) is 16.8 Å². The molecule has 2 aromatic carbocycles. The minimum absolute atomic E-state index is 0.105. The van der Waals surface area contributed by atoms with Crippen molar-refractivity contribution >= 4 is 23.3 Å². The Hall–Kier alpha value is -2.89. The zero-order valence-corrected chi connectivity index (χ0v) is 11.2. The van der Waals surface area contributed by atoms with Gasteiger partial charge in [0.2, 0.25) is 0 Å². The van der Waals surface area contributed by atoms with E-state index < -0.39 is 17.7 Å². The topological polar surface area (TPSA) is 92.4 Å². The quantitative estimate of drug-likeness (QED) is 0.757. The SMILES string of the molecule is Cc1ccc(C(=O)Nc2cc(F)ccc2C(=O)O)cc1N. The molecular weight excluding hydrogens is 275 g/mol. The number of anilines is 2. The van der Waals surface area contributed by atoms with Gasteiger partial charge in [-0.05, 0) is 42.8 Å². The van der Waals surface area contributed by atoms with Crippen LogP contribution in [0, 0.1) is 12.7 Å². The molecule has 0 aliphatic rings. The van der Waals surface area contributed by atoms with E-state index in [1.54, 1.807) is 19.1 Å². The molecule has 0 heterocycles. The molecule has 0 aliphatic heterocycles. The van der Waals surface area contributed by atoms with Crippen LogP contribution in [0.15, 0.2) is 36.4 Å². The number of amides is 1. The summed E-state index contributed by atoms with van der Waals surface area (Å²) in [6, 6.07) is 7.78. The summed E-state index contributed by atoms with van der Waals surface area (Å²) in [6.07, 6.45) is 0. The molecule has 0 atom stereocenters. The first-order valence-corrected chi connectivity index (χ1v) is 6.09. The fourth-order valence-corrected chi connectivity index (χ4v) is 1.78. The predicted molar refractivity (Wildman–Crippen MR) is 76.9 cm³/mol. The van der Waals surface area contributed by atoms with Crippen LogP contribution in [0.5, 0.6) is 0 Å². The normalized spacial score (nSPS) is 10.2. The third-order valence-electron chi connectivity index (χ3n) is 3.00. The van der Waals surface area contributed by atoms with Gasteiger partial charge in [0.15, 0.2) is 0 Å². The van der Waals surface area contributed by atoms with E-state index in [2.05, 4.69) is 5.32 Å². The Morgan fingerprint density at radius 3 is 2.52 bits per heavy atom. The fraction of sp³-hybridized carbons (Fsp3) is 0.0667. The Labute approximate surface area is 120 Å². The molecule has 21 heavy (non-hydrogen) atoms. The van der Waals surface area contributed by atoms with Gasteiger partial charge in [0.1, 0.15) is 5.82 Å². The monoisotopic (exact) mass is 288 g/mol. The number of hydrogen-bond acceptors (Lipinski definition) is 3. The van der Waals surface area contributed by atoms with E-state index in [0.717, 1.165) is 23.8 Å². The maximum absolute atomic E-state index is 13.2. The maximum atomic E-state index is 13.2. The first-order valence-electron chi connectivity index (χ1n) is 6.09. The van der Waals surface area contributed by atoms with Crippen LogP contribution < -0.4 is 11.1 Å². The van der Waals surface area contributed by atoms with E-state index in [0.29, 0.717) is 5.69 Å². The number of benzene rings is 2. The smallest absolute Gasteiger partial charge is 0.337 e. The van der Waals surface area contributed by atoms with Crippen molar-refractivity contribution in [3.8, 4) is 0 Å². The van der Waals surface area contributed by atoms with Gasteiger partial charge in [0.05, 0.1) is 11.3 Å². The standard InChI is InChI=1S/C15H13FN2O3/c1-8-2-3-9(6-12(8)17)14(19)18-13-7-10(16)4-5-11(13)15(20)21/h2-7H,17H2,1H3,(H,18,19)(H,20,21). The highest BCUT2D eigenvalue weighted by Crippen LogP contribution is 2.19. The molecule has 108 valence electrons. The molecule has 0 fully saturated rings. The van der Waals surface area contributed by atoms with Gasteiger partial charge in [-0.15, -0.1) is 0 Å². The lowest BCUT2D eigenvalue weighted by atomic mass is 10.1. The van der Waals surface area contributed by atoms with Crippen LogP contribution in [-0.2, 0) is 0 Å². The lowest BCUT2D eigenvalue weighted by Gasteiger charge is -2.09. The molecule has 0 spiro atoms. The Kier molecular flexibility index (Phi) is 3.89. The Morgan fingerprint density at radius 2 is 1.90 bits per heavy atom. The number of rotatable bonds is 3. The van der Waals surface area contributed by atoms with Crippen molar-refractivity contribution in [1.29, 1.82) is 0 Å². The largest absolute Gasteiger partial charge is 0.478 e. The number of aromatic carboxylic acids is 1. The minimum atomic E-state index is -1.26. The average molecular weight is 288 g/mol. The van der Waals surface area contributed by atoms with Crippen molar-refractivity contribution in [3.05, 3.63) is 58.9 Å². The molecule has 4 N–H and O–H groups in total. The van der Waals surface area contributed by atoms with Gasteiger partial charge in [-0.3, -0.25) is 4.79 Å². The number of hydrogen-bond donors (Lipinski definition) is 3. The molecule has 0 radical (unpaired) electrons. The number of carbonyl (C=O) groups excluding carboxylic acids is 1. The first-order chi connectivity index (χ1) is 9.88. The van der Waals surface area contributed by atoms with Crippen LogP contribution in [0.1, 0.15) is 26.3 Å². The summed E-state index contributed by atoms with van der Waals surface area (Å²) in [6.45, 7) is 1.80. The van der Waals surface area contributed by atoms with E-state index in [1.165, 1.54) is 6.07 Å². The highest BCUT2D eigenvalue weighted by Gasteiger charge is 2.15. The van der Waals surface area contributed by atoms with Crippen LogP contribution in [0.4, 0.5) is 15.8 Å². The van der Waals surface area contributed by atoms with E-state index in [4.69, 9.17) is 10.8 Å². The highest BCUT2D eigenvalue weighted by molar-refractivity contribution is 6.08. The average Bonchev–Trinajstić information content (AvgIpc) is 2.41. The molecule has 0 unspecified atom stereocenters. The summed E-state index contributed by atoms with van der Waals surface area (Å²) in [4.78, 5) is 23.1. The number of carboxylic acid groups (broad SMARTS) is 1. The molecule has 5 nitrogen and oxygen atoms in total. The van der Waals surface area contributed by atoms with Crippen molar-refractivity contribution in [1.82, 2.24) is 0 Å². The van der Waals surface area contributed by atoms with Crippen molar-refractivity contribution in [2.75, 3.05) is 11.1 Å². The second-order valence-corrected chi connectivity index (χ2v) is 4.52. The summed E-state index contributed by atoms with van der Waals surface area (Å²) < 4.78 is 13.2. The molecular formula is C15H13FN2O3. The molecule has 2 rings (SSSR count). The maximum Gasteiger partial charge on any atom is 0.337 e. The van der Waals surface area contributed by atoms with E-state index >= 15 is 0 Å². The molecule has 0 aromatic heterocycles. The second kappa shape index (κ2) is 5.62. The number of halogens is 1. The lowest BCUT2D eigenvalue weighted by Crippen LogP contribution is -2.15. The van der Waals surface area contributed by atoms with Gasteiger partial charge >= 0.3 is 5.97 Å². The molecule has 0 bridgehead atoms. The third kappa shape index (κ3) is 3.17. The number of carbonyl (C=O) groups is 2. The summed E-state index contributed by atoms with van der Waals surface area (Å²) in [7, 11) is 0. The summed E-state index contributed by atoms with van der Waals surface area (Å²) in [5, 5.41) is 11.4. The molecule has 0 aliphatic carbocycles. The molecule has 6 heteroatoms. The number of nitrogen functional groups attached to an aromatic ring is 1. The van der Waals surface area contributed by atoms with Crippen LogP contribution >= 0.6 is 0 Å². The second-order valence-electron chi connectivity index (χ2n) is 4.52. The van der Waals surface area contributed by atoms with Gasteiger partial charge in [0.25, 0.3) is 5.91 Å². The van der Waals surface area contributed by atoms with Crippen LogP contribution in [0.25, 0.3) is 0 Å². The lowest BCUT2D eigenvalue weighted by molar-refractivity contribution is 0.0698. The Balaban J connectivity index is 2.33. The van der Waals surface area contributed by atoms with E-state index in [1.807, 2.05) is 0 Å². The first kappa shape index (κ1) is 14.5. The van der Waals surface area contributed by atoms with Gasteiger partial charge in [0, 0.05) is 11.3 Å². The predicted octanol–water partition coefficient (Wildman–Crippen LogP) is 2.67. The summed E-state index contributed by atoms with van der Waals surface area (Å²) in [5.74, 6) is -2.46. The van der Waals surface area contributed by atoms with Crippen LogP contribution in [-0.4, -0.2) is 17.0 Å². The summed E-state index contributed by atoms with van der Waals surface area (Å²) >= 11 is 0. The van der Waals surface area contributed by atoms with Gasteiger partial charge in [-0.25, -0.2) is 9.18 Å². The van der Waals surface area contributed by atoms with Crippen molar-refractivity contribution in [2.45, 2.75) is 6.92 Å². The van der Waals surface area contributed by atoms with Gasteiger partial charge < -0.3 is 16.2 Å². The van der Waals surface area contributed by atoms with Gasteiger partial charge in [-0.2, -0.15) is 0 Å². The minimum Gasteiger partial charge on any atom is -0.478 e. The number of nitrogens with one attached hydrogen (secondary N) is 1. The Bertz CT molecular complexity index is 729. The third-order valence-corrected chi connectivity index (χ3v) is 3.00. The molecule has 0 saturated carbocycles. The number of nitrogens with two attached hydrogens (primary N) is 1. The van der Waals surface area contributed by atoms with E-state index in [9.17, 15) is 14.0 Å². The number of carboxylic acids is 1. The summed E-state index contributed by atoms with van der Waals surface area (Å²) in [5.41, 5.74) is 6.96. The van der Waals surface area contributed by atoms with Gasteiger partial charge in [-0.1, -0.05) is 6.07 Å². The molecule has 1 amide bonds. The van der Waals surface area contributed by atoms with Crippen molar-refractivity contribution in [3.63, 3.8) is 0 Å².